The summed E-state index contributed by atoms with van der Waals surface area (Å²) in [6, 6.07) is 0. The third-order valence-corrected chi connectivity index (χ3v) is 4.12. The summed E-state index contributed by atoms with van der Waals surface area (Å²) < 4.78 is 2.15. The maximum absolute atomic E-state index is 5.90. The summed E-state index contributed by atoms with van der Waals surface area (Å²) in [5, 5.41) is 8.10. The Morgan fingerprint density at radius 3 is 2.94 bits per heavy atom. The molecule has 0 saturated heterocycles. The lowest BCUT2D eigenvalue weighted by molar-refractivity contribution is 0.0600. The molecule has 88 valence electrons. The van der Waals surface area contributed by atoms with Crippen LogP contribution in [0.1, 0.15) is 25.1 Å². The molecule has 1 aromatic rings. The van der Waals surface area contributed by atoms with Crippen LogP contribution in [0.5, 0.6) is 0 Å². The normalized spacial score (nSPS) is 23.8. The van der Waals surface area contributed by atoms with Crippen LogP contribution >= 0.6 is 0 Å². The molecular formula is C11H19N5. The average Bonchev–Trinajstić information content (AvgIpc) is 2.70. The molecule has 3 rings (SSSR count). The minimum absolute atomic E-state index is 0.405. The van der Waals surface area contributed by atoms with E-state index in [1.165, 1.54) is 19.3 Å². The summed E-state index contributed by atoms with van der Waals surface area (Å²) in [4.78, 5) is 2.48. The van der Waals surface area contributed by atoms with E-state index in [2.05, 4.69) is 19.7 Å². The smallest absolute Gasteiger partial charge is 0.147 e. The molecule has 0 bridgehead atoms. The molecule has 16 heavy (non-hydrogen) atoms. The Balaban J connectivity index is 1.65. The molecule has 0 spiro atoms. The first kappa shape index (κ1) is 10.2. The Morgan fingerprint density at radius 1 is 1.38 bits per heavy atom. The van der Waals surface area contributed by atoms with Gasteiger partial charge in [-0.05, 0) is 24.8 Å². The first-order chi connectivity index (χ1) is 7.81. The van der Waals surface area contributed by atoms with Crippen LogP contribution in [0.15, 0.2) is 6.33 Å². The average molecular weight is 221 g/mol. The van der Waals surface area contributed by atoms with Crippen LogP contribution in [-0.2, 0) is 13.1 Å². The van der Waals surface area contributed by atoms with E-state index in [1.807, 2.05) is 6.33 Å². The summed E-state index contributed by atoms with van der Waals surface area (Å²) in [5.74, 6) is 1.10. The first-order valence-corrected chi connectivity index (χ1v) is 6.10. The Kier molecular flexibility index (Phi) is 2.44. The molecule has 5 nitrogen and oxygen atoms in total. The van der Waals surface area contributed by atoms with Crippen LogP contribution in [0.25, 0.3) is 0 Å². The lowest BCUT2D eigenvalue weighted by Gasteiger charge is -2.45. The van der Waals surface area contributed by atoms with Gasteiger partial charge in [0.15, 0.2) is 0 Å². The number of hydrogen-bond acceptors (Lipinski definition) is 4. The molecule has 0 aromatic carbocycles. The Hall–Kier alpha value is -0.940. The predicted molar refractivity (Wildman–Crippen MR) is 60.6 cm³/mol. The molecule has 2 heterocycles. The number of aromatic nitrogens is 3. The molecule has 5 heteroatoms. The van der Waals surface area contributed by atoms with E-state index in [-0.39, 0.29) is 0 Å². The predicted octanol–water partition coefficient (Wildman–Crippen LogP) is 0.223. The van der Waals surface area contributed by atoms with Crippen LogP contribution < -0.4 is 5.73 Å². The van der Waals surface area contributed by atoms with Gasteiger partial charge in [-0.3, -0.25) is 4.90 Å². The third-order valence-electron chi connectivity index (χ3n) is 4.12. The molecule has 1 saturated carbocycles. The number of rotatable bonds is 3. The van der Waals surface area contributed by atoms with Gasteiger partial charge in [0.2, 0.25) is 0 Å². The Morgan fingerprint density at radius 2 is 2.25 bits per heavy atom. The van der Waals surface area contributed by atoms with Gasteiger partial charge in [0.25, 0.3) is 0 Å². The van der Waals surface area contributed by atoms with Crippen molar-refractivity contribution in [3.05, 3.63) is 12.2 Å². The topological polar surface area (TPSA) is 60.0 Å². The van der Waals surface area contributed by atoms with E-state index in [4.69, 9.17) is 5.73 Å². The van der Waals surface area contributed by atoms with Crippen molar-refractivity contribution in [1.29, 1.82) is 0 Å². The maximum Gasteiger partial charge on any atom is 0.147 e. The number of fused-ring (bicyclic) bond motifs is 1. The quantitative estimate of drug-likeness (QED) is 0.793. The fourth-order valence-electron chi connectivity index (χ4n) is 2.83. The minimum Gasteiger partial charge on any atom is -0.330 e. The van der Waals surface area contributed by atoms with Crippen molar-refractivity contribution < 1.29 is 0 Å². The van der Waals surface area contributed by atoms with Gasteiger partial charge in [-0.1, -0.05) is 6.42 Å². The molecule has 2 aliphatic rings. The second kappa shape index (κ2) is 3.82. The monoisotopic (exact) mass is 221 g/mol. The number of hydrogen-bond donors (Lipinski definition) is 1. The molecular weight excluding hydrogens is 202 g/mol. The molecule has 1 fully saturated rings. The second-order valence-corrected chi connectivity index (χ2v) is 5.21. The van der Waals surface area contributed by atoms with Gasteiger partial charge in [0.05, 0.1) is 6.54 Å². The fourth-order valence-corrected chi connectivity index (χ4v) is 2.83. The summed E-state index contributed by atoms with van der Waals surface area (Å²) in [7, 11) is 0. The summed E-state index contributed by atoms with van der Waals surface area (Å²) in [6.07, 6.45) is 5.77. The van der Waals surface area contributed by atoms with Crippen LogP contribution in [0, 0.1) is 5.41 Å². The zero-order chi connectivity index (χ0) is 11.0. The number of nitrogens with zero attached hydrogens (tertiary/aromatic N) is 4. The van der Waals surface area contributed by atoms with Gasteiger partial charge in [-0.15, -0.1) is 10.2 Å². The minimum atomic E-state index is 0.405. The standard InChI is InChI=1S/C11H19N5/c12-7-11(2-1-3-11)8-15-4-5-16-9-13-14-10(16)6-15/h9H,1-8,12H2. The van der Waals surface area contributed by atoms with E-state index in [9.17, 15) is 0 Å². The summed E-state index contributed by atoms with van der Waals surface area (Å²) in [6.45, 7) is 5.02. The summed E-state index contributed by atoms with van der Waals surface area (Å²) >= 11 is 0. The molecule has 2 N–H and O–H groups in total. The molecule has 0 amide bonds. The fraction of sp³-hybridized carbons (Fsp3) is 0.818. The molecule has 1 aromatic heterocycles. The molecule has 1 aliphatic carbocycles. The molecule has 0 atom stereocenters. The Labute approximate surface area is 95.6 Å². The lowest BCUT2D eigenvalue weighted by Crippen LogP contribution is -2.48. The van der Waals surface area contributed by atoms with Crippen molar-refractivity contribution in [3.8, 4) is 0 Å². The van der Waals surface area contributed by atoms with Crippen molar-refractivity contribution in [1.82, 2.24) is 19.7 Å². The number of nitrogens with two attached hydrogens (primary N) is 1. The SMILES string of the molecule is NCC1(CN2CCn3cnnc3C2)CCC1. The highest BCUT2D eigenvalue weighted by Gasteiger charge is 2.37. The lowest BCUT2D eigenvalue weighted by atomic mass is 9.68. The van der Waals surface area contributed by atoms with Crippen molar-refractivity contribution in [3.63, 3.8) is 0 Å². The highest BCUT2D eigenvalue weighted by molar-refractivity contribution is 4.95. The largest absolute Gasteiger partial charge is 0.330 e. The van der Waals surface area contributed by atoms with E-state index in [0.717, 1.165) is 38.5 Å². The van der Waals surface area contributed by atoms with E-state index in [1.54, 1.807) is 0 Å². The third kappa shape index (κ3) is 1.64. The van der Waals surface area contributed by atoms with Gasteiger partial charge < -0.3 is 10.3 Å². The van der Waals surface area contributed by atoms with Gasteiger partial charge in [-0.2, -0.15) is 0 Å². The highest BCUT2D eigenvalue weighted by Crippen LogP contribution is 2.40. The van der Waals surface area contributed by atoms with Gasteiger partial charge in [-0.25, -0.2) is 0 Å². The van der Waals surface area contributed by atoms with Crippen LogP contribution in [0.4, 0.5) is 0 Å². The van der Waals surface area contributed by atoms with Gasteiger partial charge in [0.1, 0.15) is 12.2 Å². The maximum atomic E-state index is 5.90. The van der Waals surface area contributed by atoms with Crippen LogP contribution in [0.3, 0.4) is 0 Å². The Bertz CT molecular complexity index is 363. The molecule has 0 radical (unpaired) electrons. The van der Waals surface area contributed by atoms with Crippen molar-refractivity contribution >= 4 is 0 Å². The van der Waals surface area contributed by atoms with Gasteiger partial charge >= 0.3 is 0 Å². The van der Waals surface area contributed by atoms with E-state index >= 15 is 0 Å². The van der Waals surface area contributed by atoms with Crippen molar-refractivity contribution in [2.45, 2.75) is 32.4 Å². The first-order valence-electron chi connectivity index (χ1n) is 6.10. The summed E-state index contributed by atoms with van der Waals surface area (Å²) in [5.41, 5.74) is 6.31. The van der Waals surface area contributed by atoms with Crippen molar-refractivity contribution in [2.75, 3.05) is 19.6 Å². The van der Waals surface area contributed by atoms with E-state index < -0.39 is 0 Å². The highest BCUT2D eigenvalue weighted by atomic mass is 15.3. The van der Waals surface area contributed by atoms with Crippen LogP contribution in [0.2, 0.25) is 0 Å². The molecule has 0 unspecified atom stereocenters. The zero-order valence-electron chi connectivity index (χ0n) is 9.60. The van der Waals surface area contributed by atoms with E-state index in [0.29, 0.717) is 5.41 Å². The molecule has 1 aliphatic heterocycles. The second-order valence-electron chi connectivity index (χ2n) is 5.21. The van der Waals surface area contributed by atoms with Crippen molar-refractivity contribution in [2.24, 2.45) is 11.1 Å². The van der Waals surface area contributed by atoms with Crippen LogP contribution in [-0.4, -0.2) is 39.3 Å². The van der Waals surface area contributed by atoms with Gasteiger partial charge in [0, 0.05) is 19.6 Å². The zero-order valence-corrected chi connectivity index (χ0v) is 9.60.